The number of benzene rings is 1. The summed E-state index contributed by atoms with van der Waals surface area (Å²) < 4.78 is 21.1. The summed E-state index contributed by atoms with van der Waals surface area (Å²) in [4.78, 5) is 12.5. The lowest BCUT2D eigenvalue weighted by molar-refractivity contribution is -0.0982. The Hall–Kier alpha value is -1.26. The Balaban J connectivity index is 2.45. The Bertz CT molecular complexity index is 668. The normalized spacial score (nSPS) is 22.2. The SMILES string of the molecule is CC#CCOC1(C(C)(C)C)SC(=O)N(c2ccccc2F)N1Cl. The van der Waals surface area contributed by atoms with Crippen LogP contribution in [0, 0.1) is 23.1 Å². The van der Waals surface area contributed by atoms with E-state index >= 15 is 0 Å². The Labute approximate surface area is 145 Å². The molecule has 0 radical (unpaired) electrons. The molecule has 1 aliphatic rings. The number of carbonyl (C=O) groups is 1. The molecule has 1 atom stereocenters. The smallest absolute Gasteiger partial charge is 0.306 e. The first kappa shape index (κ1) is 18.1. The minimum Gasteiger partial charge on any atom is -0.334 e. The van der Waals surface area contributed by atoms with Crippen LogP contribution in [0.25, 0.3) is 0 Å². The molecule has 0 bridgehead atoms. The molecular weight excluding hydrogens is 339 g/mol. The van der Waals surface area contributed by atoms with Gasteiger partial charge in [-0.2, -0.15) is 0 Å². The molecular formula is C16H18ClFN2O2S. The number of amides is 1. The molecule has 0 aliphatic carbocycles. The van der Waals surface area contributed by atoms with E-state index in [0.717, 1.165) is 21.3 Å². The molecule has 1 saturated heterocycles. The van der Waals surface area contributed by atoms with E-state index in [9.17, 15) is 9.18 Å². The number of hydrazine groups is 1. The van der Waals surface area contributed by atoms with E-state index in [-0.39, 0.29) is 12.3 Å². The van der Waals surface area contributed by atoms with Gasteiger partial charge in [0.05, 0.1) is 5.69 Å². The Morgan fingerprint density at radius 2 is 2.04 bits per heavy atom. The van der Waals surface area contributed by atoms with E-state index in [1.54, 1.807) is 19.1 Å². The maximum atomic E-state index is 14.1. The van der Waals surface area contributed by atoms with Crippen LogP contribution >= 0.6 is 23.5 Å². The summed E-state index contributed by atoms with van der Waals surface area (Å²) in [5.74, 6) is 5.00. The number of anilines is 1. The van der Waals surface area contributed by atoms with Crippen LogP contribution in [-0.2, 0) is 4.74 Å². The van der Waals surface area contributed by atoms with Gasteiger partial charge in [0.25, 0.3) is 0 Å². The number of para-hydroxylation sites is 1. The summed E-state index contributed by atoms with van der Waals surface area (Å²) >= 11 is 7.36. The lowest BCUT2D eigenvalue weighted by Gasteiger charge is -2.42. The maximum Gasteiger partial charge on any atom is 0.306 e. The first-order chi connectivity index (χ1) is 10.7. The highest BCUT2D eigenvalue weighted by atomic mass is 35.5. The van der Waals surface area contributed by atoms with Crippen LogP contribution in [-0.4, -0.2) is 21.4 Å². The van der Waals surface area contributed by atoms with Gasteiger partial charge in [-0.25, -0.2) is 9.40 Å². The van der Waals surface area contributed by atoms with E-state index in [4.69, 9.17) is 16.5 Å². The van der Waals surface area contributed by atoms with Gasteiger partial charge in [0.2, 0.25) is 5.06 Å². The Morgan fingerprint density at radius 3 is 2.61 bits per heavy atom. The molecule has 2 rings (SSSR count). The van der Waals surface area contributed by atoms with Crippen LogP contribution in [0.15, 0.2) is 24.3 Å². The molecule has 1 fully saturated rings. The van der Waals surface area contributed by atoms with Crippen molar-refractivity contribution in [1.82, 2.24) is 4.53 Å². The van der Waals surface area contributed by atoms with Crippen molar-refractivity contribution >= 4 is 34.5 Å². The van der Waals surface area contributed by atoms with Gasteiger partial charge in [-0.05, 0) is 30.8 Å². The third-order valence-corrected chi connectivity index (χ3v) is 5.38. The van der Waals surface area contributed by atoms with Crippen LogP contribution in [0.1, 0.15) is 27.7 Å². The van der Waals surface area contributed by atoms with Crippen LogP contribution in [0.5, 0.6) is 0 Å². The monoisotopic (exact) mass is 356 g/mol. The molecule has 7 heteroatoms. The van der Waals surface area contributed by atoms with Crippen molar-refractivity contribution in [3.63, 3.8) is 0 Å². The third-order valence-electron chi connectivity index (χ3n) is 3.36. The fraction of sp³-hybridized carbons (Fsp3) is 0.438. The highest BCUT2D eigenvalue weighted by Gasteiger charge is 2.60. The van der Waals surface area contributed by atoms with Crippen molar-refractivity contribution in [2.24, 2.45) is 5.41 Å². The highest BCUT2D eigenvalue weighted by molar-refractivity contribution is 8.15. The summed E-state index contributed by atoms with van der Waals surface area (Å²) in [6, 6.07) is 5.96. The van der Waals surface area contributed by atoms with E-state index in [2.05, 4.69) is 11.8 Å². The minimum absolute atomic E-state index is 0.0799. The molecule has 1 amide bonds. The Kier molecular flexibility index (Phi) is 5.27. The van der Waals surface area contributed by atoms with E-state index in [1.165, 1.54) is 12.1 Å². The van der Waals surface area contributed by atoms with Crippen molar-refractivity contribution in [2.45, 2.75) is 32.8 Å². The zero-order valence-corrected chi connectivity index (χ0v) is 15.0. The van der Waals surface area contributed by atoms with Gasteiger partial charge in [-0.1, -0.05) is 43.4 Å². The van der Waals surface area contributed by atoms with Gasteiger partial charge in [0.15, 0.2) is 0 Å². The first-order valence-electron chi connectivity index (χ1n) is 7.01. The molecule has 23 heavy (non-hydrogen) atoms. The van der Waals surface area contributed by atoms with Crippen molar-refractivity contribution in [2.75, 3.05) is 11.6 Å². The van der Waals surface area contributed by atoms with Gasteiger partial charge >= 0.3 is 5.24 Å². The summed E-state index contributed by atoms with van der Waals surface area (Å²) in [5, 5.41) is -0.520. The third kappa shape index (κ3) is 3.20. The van der Waals surface area contributed by atoms with Crippen LogP contribution in [0.4, 0.5) is 14.9 Å². The molecule has 1 heterocycles. The average molecular weight is 357 g/mol. The fourth-order valence-corrected chi connectivity index (χ4v) is 3.84. The maximum absolute atomic E-state index is 14.1. The minimum atomic E-state index is -1.20. The van der Waals surface area contributed by atoms with Gasteiger partial charge in [0.1, 0.15) is 12.4 Å². The highest BCUT2D eigenvalue weighted by Crippen LogP contribution is 2.54. The second-order valence-corrected chi connectivity index (χ2v) is 7.37. The first-order valence-corrected chi connectivity index (χ1v) is 8.17. The molecule has 1 unspecified atom stereocenters. The lowest BCUT2D eigenvalue weighted by Crippen LogP contribution is -2.53. The summed E-state index contributed by atoms with van der Waals surface area (Å²) in [6.45, 7) is 7.50. The van der Waals surface area contributed by atoms with Crippen molar-refractivity contribution in [3.8, 4) is 11.8 Å². The van der Waals surface area contributed by atoms with E-state index in [0.29, 0.717) is 0 Å². The average Bonchev–Trinajstić information content (AvgIpc) is 2.72. The molecule has 1 aromatic carbocycles. The predicted molar refractivity (Wildman–Crippen MR) is 91.1 cm³/mol. The molecule has 1 aromatic rings. The number of carbonyl (C=O) groups excluding carboxylic acids is 1. The van der Waals surface area contributed by atoms with Crippen molar-refractivity contribution in [1.29, 1.82) is 0 Å². The van der Waals surface area contributed by atoms with Crippen LogP contribution in [0.3, 0.4) is 0 Å². The predicted octanol–water partition coefficient (Wildman–Crippen LogP) is 4.61. The number of halogens is 2. The van der Waals surface area contributed by atoms with Crippen molar-refractivity contribution in [3.05, 3.63) is 30.1 Å². The van der Waals surface area contributed by atoms with Crippen molar-refractivity contribution < 1.29 is 13.9 Å². The van der Waals surface area contributed by atoms with E-state index in [1.807, 2.05) is 20.8 Å². The number of hydrogen-bond acceptors (Lipinski definition) is 4. The fourth-order valence-electron chi connectivity index (χ4n) is 2.15. The molecule has 1 aliphatic heterocycles. The molecule has 4 nitrogen and oxygen atoms in total. The zero-order valence-electron chi connectivity index (χ0n) is 13.4. The number of nitrogens with zero attached hydrogens (tertiary/aromatic N) is 2. The second-order valence-electron chi connectivity index (χ2n) is 5.94. The quantitative estimate of drug-likeness (QED) is 0.585. The number of rotatable bonds is 3. The molecule has 0 N–H and O–H groups in total. The van der Waals surface area contributed by atoms with Gasteiger partial charge < -0.3 is 4.74 Å². The number of hydrogen-bond donors (Lipinski definition) is 0. The second kappa shape index (κ2) is 6.70. The van der Waals surface area contributed by atoms with Crippen LogP contribution in [0.2, 0.25) is 0 Å². The summed E-state index contributed by atoms with van der Waals surface area (Å²) in [6.07, 6.45) is 0. The number of thioether (sulfide) groups is 1. The molecule has 0 aromatic heterocycles. The number of ether oxygens (including phenoxy) is 1. The van der Waals surface area contributed by atoms with Crippen LogP contribution < -0.4 is 5.01 Å². The van der Waals surface area contributed by atoms with Gasteiger partial charge in [0, 0.05) is 17.2 Å². The molecule has 0 spiro atoms. The topological polar surface area (TPSA) is 32.8 Å². The molecule has 124 valence electrons. The summed E-state index contributed by atoms with van der Waals surface area (Å²) in [5.41, 5.74) is -0.457. The van der Waals surface area contributed by atoms with Gasteiger partial charge in [-0.15, -0.1) is 5.92 Å². The van der Waals surface area contributed by atoms with E-state index < -0.39 is 21.5 Å². The standard InChI is InChI=1S/C16H18ClFN2O2S/c1-5-6-11-22-16(15(2,3)4)20(17)19(14(21)23-16)13-10-8-7-9-12(13)18/h7-10H,11H2,1-4H3. The van der Waals surface area contributed by atoms with Gasteiger partial charge in [-0.3, -0.25) is 4.79 Å². The summed E-state index contributed by atoms with van der Waals surface area (Å²) in [7, 11) is 0. The largest absolute Gasteiger partial charge is 0.334 e. The Morgan fingerprint density at radius 1 is 1.39 bits per heavy atom. The zero-order chi connectivity index (χ0) is 17.3. The molecule has 0 saturated carbocycles. The lowest BCUT2D eigenvalue weighted by atomic mass is 9.93.